The topological polar surface area (TPSA) is 60.4 Å². The van der Waals surface area contributed by atoms with E-state index in [1.807, 2.05) is 65.9 Å². The van der Waals surface area contributed by atoms with Gasteiger partial charge >= 0.3 is 5.97 Å². The number of nitrogens with zero attached hydrogens (tertiary/aromatic N) is 2. The summed E-state index contributed by atoms with van der Waals surface area (Å²) in [7, 11) is 1.59. The molecule has 0 spiro atoms. The van der Waals surface area contributed by atoms with Crippen molar-refractivity contribution in [3.63, 3.8) is 0 Å². The third-order valence-corrected chi connectivity index (χ3v) is 6.31. The highest BCUT2D eigenvalue weighted by Crippen LogP contribution is 2.46. The lowest BCUT2D eigenvalue weighted by Gasteiger charge is -2.34. The molecule has 1 atom stereocenters. The first kappa shape index (κ1) is 22.3. The fourth-order valence-corrected chi connectivity index (χ4v) is 4.69. The Morgan fingerprint density at radius 1 is 1.22 bits per heavy atom. The molecule has 2 aromatic rings. The summed E-state index contributed by atoms with van der Waals surface area (Å²) in [6.45, 7) is 4.14. The number of aliphatic imine (C=N–C) groups is 1. The second kappa shape index (κ2) is 9.71. The van der Waals surface area contributed by atoms with Crippen LogP contribution >= 0.6 is 23.4 Å². The van der Waals surface area contributed by atoms with Gasteiger partial charge in [-0.25, -0.2) is 9.79 Å². The van der Waals surface area contributed by atoms with Gasteiger partial charge in [0, 0.05) is 22.3 Å². The highest BCUT2D eigenvalue weighted by Gasteiger charge is 2.39. The molecule has 166 valence electrons. The van der Waals surface area contributed by atoms with Crippen molar-refractivity contribution in [3.8, 4) is 11.5 Å². The van der Waals surface area contributed by atoms with Gasteiger partial charge < -0.3 is 19.1 Å². The van der Waals surface area contributed by atoms with Crippen LogP contribution in [0, 0.1) is 0 Å². The van der Waals surface area contributed by atoms with E-state index in [4.69, 9.17) is 25.8 Å². The van der Waals surface area contributed by atoms with Crippen molar-refractivity contribution in [1.29, 1.82) is 0 Å². The maximum atomic E-state index is 13.0. The third kappa shape index (κ3) is 4.23. The Morgan fingerprint density at radius 3 is 2.78 bits per heavy atom. The summed E-state index contributed by atoms with van der Waals surface area (Å²) < 4.78 is 17.3. The fourth-order valence-electron chi connectivity index (χ4n) is 3.70. The largest absolute Gasteiger partial charge is 0.493 e. The molecule has 2 aliphatic rings. The molecule has 0 fully saturated rings. The van der Waals surface area contributed by atoms with Gasteiger partial charge in [-0.15, -0.1) is 0 Å². The predicted octanol–water partition coefficient (Wildman–Crippen LogP) is 5.70. The van der Waals surface area contributed by atoms with Crippen LogP contribution in [0.25, 0.3) is 0 Å². The minimum atomic E-state index is -0.468. The Labute approximate surface area is 196 Å². The molecule has 0 aliphatic carbocycles. The van der Waals surface area contributed by atoms with E-state index >= 15 is 0 Å². The van der Waals surface area contributed by atoms with E-state index in [0.717, 1.165) is 16.3 Å². The minimum absolute atomic E-state index is 0.253. The first-order valence-electron chi connectivity index (χ1n) is 10.2. The number of methoxy groups -OCH3 is 1. The van der Waals surface area contributed by atoms with Crippen molar-refractivity contribution in [2.75, 3.05) is 13.7 Å². The number of thioether (sulfide) groups is 1. The van der Waals surface area contributed by atoms with Crippen molar-refractivity contribution < 1.29 is 19.0 Å². The first-order valence-corrected chi connectivity index (χ1v) is 11.4. The molecule has 0 unspecified atom stereocenters. The van der Waals surface area contributed by atoms with Crippen molar-refractivity contribution in [2.45, 2.75) is 26.5 Å². The summed E-state index contributed by atoms with van der Waals surface area (Å²) >= 11 is 7.83. The van der Waals surface area contributed by atoms with E-state index in [1.54, 1.807) is 14.0 Å². The summed E-state index contributed by atoms with van der Waals surface area (Å²) in [6.07, 6.45) is 1.91. The van der Waals surface area contributed by atoms with Crippen molar-refractivity contribution in [2.24, 2.45) is 4.99 Å². The summed E-state index contributed by atoms with van der Waals surface area (Å²) in [5.74, 6) is 0.708. The molecule has 0 aromatic heterocycles. The zero-order chi connectivity index (χ0) is 22.7. The highest BCUT2D eigenvalue weighted by atomic mass is 35.5. The zero-order valence-corrected chi connectivity index (χ0v) is 19.6. The quantitative estimate of drug-likeness (QED) is 0.484. The lowest BCUT2D eigenvalue weighted by atomic mass is 9.93. The maximum Gasteiger partial charge on any atom is 0.338 e. The van der Waals surface area contributed by atoms with Crippen LogP contribution in [0.3, 0.4) is 0 Å². The Balaban J connectivity index is 1.80. The number of esters is 1. The number of para-hydroxylation sites is 1. The number of halogens is 1. The van der Waals surface area contributed by atoms with Crippen molar-refractivity contribution in [3.05, 3.63) is 81.5 Å². The third-order valence-electron chi connectivity index (χ3n) is 5.17. The average Bonchev–Trinajstić information content (AvgIpc) is 3.25. The average molecular weight is 471 g/mol. The smallest absolute Gasteiger partial charge is 0.338 e. The van der Waals surface area contributed by atoms with Gasteiger partial charge in [-0.2, -0.15) is 0 Å². The normalized spacial score (nSPS) is 17.2. The second-order valence-corrected chi connectivity index (χ2v) is 8.37. The molecule has 0 bridgehead atoms. The molecule has 0 radical (unpaired) electrons. The monoisotopic (exact) mass is 470 g/mol. The maximum absolute atomic E-state index is 13.0. The summed E-state index contributed by atoms with van der Waals surface area (Å²) in [5, 5.41) is 3.36. The van der Waals surface area contributed by atoms with Crippen LogP contribution in [0.4, 0.5) is 0 Å². The van der Waals surface area contributed by atoms with E-state index in [-0.39, 0.29) is 13.2 Å². The van der Waals surface area contributed by atoms with Gasteiger partial charge in [0.25, 0.3) is 0 Å². The number of benzene rings is 2. The van der Waals surface area contributed by atoms with Crippen LogP contribution in [0.15, 0.2) is 70.3 Å². The molecule has 4 rings (SSSR count). The molecule has 0 saturated carbocycles. The molecule has 2 heterocycles. The van der Waals surface area contributed by atoms with Crippen LogP contribution < -0.4 is 9.47 Å². The minimum Gasteiger partial charge on any atom is -0.493 e. The number of amidine groups is 1. The molecule has 0 amide bonds. The highest BCUT2D eigenvalue weighted by molar-refractivity contribution is 8.16. The van der Waals surface area contributed by atoms with Gasteiger partial charge in [0.2, 0.25) is 0 Å². The number of carbonyl (C=O) groups is 1. The first-order chi connectivity index (χ1) is 15.5. The summed E-state index contributed by atoms with van der Waals surface area (Å²) in [6, 6.07) is 12.7. The van der Waals surface area contributed by atoms with E-state index in [0.29, 0.717) is 27.8 Å². The Bertz CT molecular complexity index is 1130. The van der Waals surface area contributed by atoms with Gasteiger partial charge in [-0.1, -0.05) is 53.7 Å². The van der Waals surface area contributed by atoms with Crippen LogP contribution in [0.1, 0.15) is 31.0 Å². The molecule has 2 aliphatic heterocycles. The van der Waals surface area contributed by atoms with E-state index in [9.17, 15) is 4.79 Å². The van der Waals surface area contributed by atoms with Gasteiger partial charge in [-0.05, 0) is 31.4 Å². The van der Waals surface area contributed by atoms with Gasteiger partial charge in [0.1, 0.15) is 6.61 Å². The number of carbonyl (C=O) groups excluding carboxylic acids is 1. The lowest BCUT2D eigenvalue weighted by molar-refractivity contribution is -0.139. The van der Waals surface area contributed by atoms with Gasteiger partial charge in [0.05, 0.1) is 31.0 Å². The molecule has 32 heavy (non-hydrogen) atoms. The van der Waals surface area contributed by atoms with Crippen LogP contribution in [-0.4, -0.2) is 29.8 Å². The number of ether oxygens (including phenoxy) is 3. The van der Waals surface area contributed by atoms with E-state index in [1.165, 1.54) is 11.8 Å². The van der Waals surface area contributed by atoms with Crippen LogP contribution in [-0.2, 0) is 16.1 Å². The number of rotatable bonds is 7. The van der Waals surface area contributed by atoms with Crippen LogP contribution in [0.2, 0.25) is 5.02 Å². The van der Waals surface area contributed by atoms with E-state index in [2.05, 4.69) is 4.99 Å². The number of hydrogen-bond acceptors (Lipinski definition) is 7. The number of hydrogen-bond donors (Lipinski definition) is 0. The Hall–Kier alpha value is -2.90. The van der Waals surface area contributed by atoms with Crippen molar-refractivity contribution >= 4 is 34.5 Å². The standard InChI is InChI=1S/C24H23ClN2O4S/c1-4-30-23(28)20-15(2)26-24-27(12-13-32-24)21(20)17-9-7-11-19(29-3)22(17)31-14-16-8-5-6-10-18(16)25/h5-13,21H,4,14H2,1-3H3/t21-/m0/s1. The van der Waals surface area contributed by atoms with E-state index < -0.39 is 12.0 Å². The predicted molar refractivity (Wildman–Crippen MR) is 127 cm³/mol. The second-order valence-electron chi connectivity index (χ2n) is 7.09. The van der Waals surface area contributed by atoms with Gasteiger partial charge in [-0.3, -0.25) is 0 Å². The van der Waals surface area contributed by atoms with Crippen molar-refractivity contribution in [1.82, 2.24) is 4.90 Å². The molecular weight excluding hydrogens is 448 g/mol. The number of fused-ring (bicyclic) bond motifs is 1. The lowest BCUT2D eigenvalue weighted by Crippen LogP contribution is -2.34. The van der Waals surface area contributed by atoms with Crippen LogP contribution in [0.5, 0.6) is 11.5 Å². The summed E-state index contributed by atoms with van der Waals surface area (Å²) in [5.41, 5.74) is 2.72. The summed E-state index contributed by atoms with van der Waals surface area (Å²) in [4.78, 5) is 19.5. The molecule has 8 heteroatoms. The Morgan fingerprint density at radius 2 is 2.03 bits per heavy atom. The number of allylic oxidation sites excluding steroid dienone is 1. The molecular formula is C24H23ClN2O4S. The zero-order valence-electron chi connectivity index (χ0n) is 18.0. The SMILES string of the molecule is CCOC(=O)C1=C(C)N=C2SC=CN2[C@H]1c1cccc(OC)c1OCc1ccccc1Cl. The molecule has 2 aromatic carbocycles. The Kier molecular flexibility index (Phi) is 6.77. The molecule has 0 saturated heterocycles. The molecule has 0 N–H and O–H groups in total. The fraction of sp³-hybridized carbons (Fsp3) is 0.250. The van der Waals surface area contributed by atoms with Gasteiger partial charge in [0.15, 0.2) is 16.7 Å². The molecule has 6 nitrogen and oxygen atoms in total.